The molecule has 1 saturated heterocycles. The van der Waals surface area contributed by atoms with Gasteiger partial charge in [-0.2, -0.15) is 0 Å². The Morgan fingerprint density at radius 2 is 2.00 bits per heavy atom. The molecule has 2 rings (SSSR count). The van der Waals surface area contributed by atoms with Crippen molar-refractivity contribution in [3.8, 4) is 0 Å². The fourth-order valence-corrected chi connectivity index (χ4v) is 2.37. The van der Waals surface area contributed by atoms with Crippen LogP contribution in [0.4, 0.5) is 0 Å². The van der Waals surface area contributed by atoms with Gasteiger partial charge in [0.1, 0.15) is 0 Å². The molecule has 0 spiro atoms. The largest absolute Gasteiger partial charge is 0.326 e. The average Bonchev–Trinajstić information content (AvgIpc) is 2.30. The number of hydrogen-bond acceptors (Lipinski definition) is 2. The Kier molecular flexibility index (Phi) is 3.39. The Morgan fingerprint density at radius 3 is 2.60 bits per heavy atom. The predicted octanol–water partition coefficient (Wildman–Crippen LogP) is 2.30. The SMILES string of the molecule is CN1CCCCC1c1ccc(CN)cc1. The quantitative estimate of drug-likeness (QED) is 0.801. The van der Waals surface area contributed by atoms with Crippen LogP contribution in [-0.2, 0) is 6.54 Å². The van der Waals surface area contributed by atoms with Crippen LogP contribution in [0.25, 0.3) is 0 Å². The van der Waals surface area contributed by atoms with Gasteiger partial charge in [-0.15, -0.1) is 0 Å². The maximum absolute atomic E-state index is 5.60. The van der Waals surface area contributed by atoms with Crippen LogP contribution in [0.1, 0.15) is 36.4 Å². The fourth-order valence-electron chi connectivity index (χ4n) is 2.37. The monoisotopic (exact) mass is 204 g/mol. The molecule has 0 aromatic heterocycles. The molecule has 15 heavy (non-hydrogen) atoms. The van der Waals surface area contributed by atoms with Crippen LogP contribution in [0.5, 0.6) is 0 Å². The van der Waals surface area contributed by atoms with E-state index in [0.717, 1.165) is 0 Å². The Hall–Kier alpha value is -0.860. The van der Waals surface area contributed by atoms with Crippen molar-refractivity contribution in [3.05, 3.63) is 35.4 Å². The summed E-state index contributed by atoms with van der Waals surface area (Å²) in [6.07, 6.45) is 3.99. The molecule has 82 valence electrons. The van der Waals surface area contributed by atoms with Gasteiger partial charge < -0.3 is 5.73 Å². The van der Waals surface area contributed by atoms with E-state index in [-0.39, 0.29) is 0 Å². The van der Waals surface area contributed by atoms with Gasteiger partial charge >= 0.3 is 0 Å². The molecular weight excluding hydrogens is 184 g/mol. The molecule has 1 aromatic rings. The van der Waals surface area contributed by atoms with Gasteiger partial charge in [0.25, 0.3) is 0 Å². The summed E-state index contributed by atoms with van der Waals surface area (Å²) in [7, 11) is 2.22. The second-order valence-electron chi connectivity index (χ2n) is 4.44. The molecule has 1 aliphatic heterocycles. The first-order chi connectivity index (χ1) is 7.31. The first kappa shape index (κ1) is 10.7. The summed E-state index contributed by atoms with van der Waals surface area (Å²) in [5.41, 5.74) is 8.25. The average molecular weight is 204 g/mol. The number of hydrogen-bond donors (Lipinski definition) is 1. The van der Waals surface area contributed by atoms with Crippen molar-refractivity contribution in [2.75, 3.05) is 13.6 Å². The van der Waals surface area contributed by atoms with Crippen LogP contribution < -0.4 is 5.73 Å². The number of nitrogens with two attached hydrogens (primary N) is 1. The summed E-state index contributed by atoms with van der Waals surface area (Å²) in [5, 5.41) is 0. The van der Waals surface area contributed by atoms with Gasteiger partial charge in [0.05, 0.1) is 0 Å². The second kappa shape index (κ2) is 4.77. The Labute approximate surface area is 92.1 Å². The Bertz CT molecular complexity index is 305. The molecule has 2 N–H and O–H groups in total. The highest BCUT2D eigenvalue weighted by atomic mass is 15.1. The molecule has 0 amide bonds. The topological polar surface area (TPSA) is 29.3 Å². The third kappa shape index (κ3) is 2.39. The smallest absolute Gasteiger partial charge is 0.0345 e. The van der Waals surface area contributed by atoms with Gasteiger partial charge in [0.15, 0.2) is 0 Å². The molecule has 2 nitrogen and oxygen atoms in total. The molecule has 1 unspecified atom stereocenters. The summed E-state index contributed by atoms with van der Waals surface area (Å²) in [6, 6.07) is 9.38. The van der Waals surface area contributed by atoms with E-state index in [4.69, 9.17) is 5.73 Å². The lowest BCUT2D eigenvalue weighted by atomic mass is 9.95. The van der Waals surface area contributed by atoms with Crippen molar-refractivity contribution in [1.29, 1.82) is 0 Å². The maximum Gasteiger partial charge on any atom is 0.0345 e. The van der Waals surface area contributed by atoms with Gasteiger partial charge in [-0.25, -0.2) is 0 Å². The van der Waals surface area contributed by atoms with E-state index >= 15 is 0 Å². The van der Waals surface area contributed by atoms with E-state index in [1.807, 2.05) is 0 Å². The first-order valence-electron chi connectivity index (χ1n) is 5.80. The normalized spacial score (nSPS) is 22.9. The molecule has 2 heteroatoms. The van der Waals surface area contributed by atoms with Crippen molar-refractivity contribution < 1.29 is 0 Å². The highest BCUT2D eigenvalue weighted by Crippen LogP contribution is 2.29. The molecule has 0 bridgehead atoms. The van der Waals surface area contributed by atoms with E-state index < -0.39 is 0 Å². The highest BCUT2D eigenvalue weighted by Gasteiger charge is 2.19. The van der Waals surface area contributed by atoms with E-state index in [1.165, 1.54) is 36.9 Å². The zero-order chi connectivity index (χ0) is 10.7. The Balaban J connectivity index is 2.13. The third-order valence-electron chi connectivity index (χ3n) is 3.37. The molecule has 1 aromatic carbocycles. The number of benzene rings is 1. The summed E-state index contributed by atoms with van der Waals surface area (Å²) in [5.74, 6) is 0. The van der Waals surface area contributed by atoms with Gasteiger partial charge in [-0.05, 0) is 37.6 Å². The van der Waals surface area contributed by atoms with Crippen molar-refractivity contribution in [2.24, 2.45) is 5.73 Å². The lowest BCUT2D eigenvalue weighted by molar-refractivity contribution is 0.187. The third-order valence-corrected chi connectivity index (χ3v) is 3.37. The molecule has 1 fully saturated rings. The Morgan fingerprint density at radius 1 is 1.27 bits per heavy atom. The zero-order valence-electron chi connectivity index (χ0n) is 9.45. The minimum atomic E-state index is 0.616. The van der Waals surface area contributed by atoms with Crippen LogP contribution in [0.3, 0.4) is 0 Å². The number of piperidine rings is 1. The highest BCUT2D eigenvalue weighted by molar-refractivity contribution is 5.25. The van der Waals surface area contributed by atoms with Gasteiger partial charge in [-0.3, -0.25) is 4.90 Å². The zero-order valence-corrected chi connectivity index (χ0v) is 9.45. The number of rotatable bonds is 2. The van der Waals surface area contributed by atoms with Gasteiger partial charge in [0.2, 0.25) is 0 Å². The van der Waals surface area contributed by atoms with Crippen molar-refractivity contribution in [1.82, 2.24) is 4.90 Å². The number of likely N-dealkylation sites (tertiary alicyclic amines) is 1. The summed E-state index contributed by atoms with van der Waals surface area (Å²) < 4.78 is 0. The summed E-state index contributed by atoms with van der Waals surface area (Å²) in [6.45, 7) is 1.87. The summed E-state index contributed by atoms with van der Waals surface area (Å²) in [4.78, 5) is 2.46. The minimum Gasteiger partial charge on any atom is -0.326 e. The fraction of sp³-hybridized carbons (Fsp3) is 0.538. The van der Waals surface area contributed by atoms with Crippen molar-refractivity contribution in [3.63, 3.8) is 0 Å². The van der Waals surface area contributed by atoms with Gasteiger partial charge in [-0.1, -0.05) is 30.7 Å². The standard InChI is InChI=1S/C13H20N2/c1-15-9-3-2-4-13(15)12-7-5-11(10-14)6-8-12/h5-8,13H,2-4,9-10,14H2,1H3. The summed E-state index contributed by atoms with van der Waals surface area (Å²) >= 11 is 0. The molecule has 0 radical (unpaired) electrons. The molecular formula is C13H20N2. The second-order valence-corrected chi connectivity index (χ2v) is 4.44. The lowest BCUT2D eigenvalue weighted by Crippen LogP contribution is -2.29. The molecule has 0 aliphatic carbocycles. The maximum atomic E-state index is 5.60. The van der Waals surface area contributed by atoms with E-state index in [1.54, 1.807) is 0 Å². The van der Waals surface area contributed by atoms with Crippen molar-refractivity contribution >= 4 is 0 Å². The van der Waals surface area contributed by atoms with Crippen LogP contribution in [0, 0.1) is 0 Å². The van der Waals surface area contributed by atoms with E-state index in [9.17, 15) is 0 Å². The lowest BCUT2D eigenvalue weighted by Gasteiger charge is -2.32. The van der Waals surface area contributed by atoms with Crippen molar-refractivity contribution in [2.45, 2.75) is 31.8 Å². The van der Waals surface area contributed by atoms with E-state index in [0.29, 0.717) is 12.6 Å². The molecule has 0 saturated carbocycles. The molecule has 1 aliphatic rings. The van der Waals surface area contributed by atoms with Crippen LogP contribution >= 0.6 is 0 Å². The van der Waals surface area contributed by atoms with Gasteiger partial charge in [0, 0.05) is 12.6 Å². The predicted molar refractivity (Wildman–Crippen MR) is 63.6 cm³/mol. The molecule has 1 atom stereocenters. The van der Waals surface area contributed by atoms with E-state index in [2.05, 4.69) is 36.2 Å². The molecule has 1 heterocycles. The minimum absolute atomic E-state index is 0.616. The van der Waals surface area contributed by atoms with Crippen LogP contribution in [0.2, 0.25) is 0 Å². The van der Waals surface area contributed by atoms with Crippen LogP contribution in [0.15, 0.2) is 24.3 Å². The first-order valence-corrected chi connectivity index (χ1v) is 5.80. The number of nitrogens with zero attached hydrogens (tertiary/aromatic N) is 1. The van der Waals surface area contributed by atoms with Crippen LogP contribution in [-0.4, -0.2) is 18.5 Å².